The van der Waals surface area contributed by atoms with E-state index in [-0.39, 0.29) is 23.3 Å². The fourth-order valence-electron chi connectivity index (χ4n) is 2.33. The monoisotopic (exact) mass is 252 g/mol. The molecule has 18 heavy (non-hydrogen) atoms. The first-order chi connectivity index (χ1) is 8.51. The van der Waals surface area contributed by atoms with Gasteiger partial charge < -0.3 is 19.3 Å². The number of carbonyl (C=O) groups is 2. The molecule has 1 atom stereocenters. The van der Waals surface area contributed by atoms with Gasteiger partial charge in [-0.2, -0.15) is 0 Å². The van der Waals surface area contributed by atoms with Crippen molar-refractivity contribution in [2.45, 2.75) is 19.9 Å². The molecule has 1 aliphatic rings. The van der Waals surface area contributed by atoms with Gasteiger partial charge in [-0.15, -0.1) is 0 Å². The molecule has 0 fully saturated rings. The van der Waals surface area contributed by atoms with Crippen molar-refractivity contribution in [1.29, 1.82) is 0 Å². The second-order valence-corrected chi connectivity index (χ2v) is 4.33. The van der Waals surface area contributed by atoms with Gasteiger partial charge in [0.15, 0.2) is 11.4 Å². The van der Waals surface area contributed by atoms with E-state index in [1.165, 1.54) is 13.3 Å². The Balaban J connectivity index is 2.62. The molecule has 1 aromatic heterocycles. The van der Waals surface area contributed by atoms with E-state index in [1.807, 2.05) is 13.8 Å². The highest BCUT2D eigenvalue weighted by Gasteiger charge is 2.34. The molecule has 0 unspecified atom stereocenters. The van der Waals surface area contributed by atoms with Crippen LogP contribution < -0.4 is 4.74 Å². The lowest BCUT2D eigenvalue weighted by atomic mass is 10.2. The third-order valence-electron chi connectivity index (χ3n) is 3.25. The van der Waals surface area contributed by atoms with Crippen molar-refractivity contribution in [3.8, 4) is 5.75 Å². The molecule has 0 aromatic carbocycles. The lowest BCUT2D eigenvalue weighted by Gasteiger charge is -2.32. The number of rotatable bonds is 3. The summed E-state index contributed by atoms with van der Waals surface area (Å²) < 4.78 is 6.80. The zero-order valence-electron chi connectivity index (χ0n) is 10.6. The molecule has 1 aromatic rings. The Morgan fingerprint density at radius 1 is 1.61 bits per heavy atom. The molecule has 2 heterocycles. The lowest BCUT2D eigenvalue weighted by molar-refractivity contribution is 0.0680. The van der Waals surface area contributed by atoms with Gasteiger partial charge in [0.05, 0.1) is 7.11 Å². The number of aromatic carboxylic acids is 1. The third-order valence-corrected chi connectivity index (χ3v) is 3.25. The smallest absolute Gasteiger partial charge is 0.341 e. The van der Waals surface area contributed by atoms with E-state index < -0.39 is 5.97 Å². The second kappa shape index (κ2) is 4.36. The largest absolute Gasteiger partial charge is 0.493 e. The van der Waals surface area contributed by atoms with Gasteiger partial charge in [-0.05, 0) is 13.8 Å². The molecule has 0 saturated heterocycles. The van der Waals surface area contributed by atoms with Crippen LogP contribution in [-0.2, 0) is 0 Å². The maximum absolute atomic E-state index is 12.2. The van der Waals surface area contributed by atoms with Crippen LogP contribution in [0.3, 0.4) is 0 Å². The minimum atomic E-state index is -1.09. The number of fused-ring (bicyclic) bond motifs is 1. The van der Waals surface area contributed by atoms with Gasteiger partial charge in [0.25, 0.3) is 5.91 Å². The zero-order chi connectivity index (χ0) is 13.4. The number of hydrogen-bond acceptors (Lipinski definition) is 3. The van der Waals surface area contributed by atoms with E-state index >= 15 is 0 Å². The normalized spacial score (nSPS) is 18.7. The summed E-state index contributed by atoms with van der Waals surface area (Å²) in [7, 11) is 1.38. The Bertz CT molecular complexity index is 506. The van der Waals surface area contributed by atoms with E-state index in [9.17, 15) is 9.59 Å². The van der Waals surface area contributed by atoms with Gasteiger partial charge in [-0.3, -0.25) is 4.79 Å². The summed E-state index contributed by atoms with van der Waals surface area (Å²) in [6.45, 7) is 5.02. The summed E-state index contributed by atoms with van der Waals surface area (Å²) in [4.78, 5) is 25.1. The predicted octanol–water partition coefficient (Wildman–Crippen LogP) is 1.23. The van der Waals surface area contributed by atoms with E-state index in [1.54, 1.807) is 9.47 Å². The van der Waals surface area contributed by atoms with Gasteiger partial charge in [0.1, 0.15) is 5.56 Å². The van der Waals surface area contributed by atoms with E-state index in [0.29, 0.717) is 18.8 Å². The van der Waals surface area contributed by atoms with Crippen LogP contribution in [0, 0.1) is 0 Å². The second-order valence-electron chi connectivity index (χ2n) is 4.33. The molecular formula is C12H16N2O4. The van der Waals surface area contributed by atoms with Crippen molar-refractivity contribution in [2.24, 2.45) is 0 Å². The van der Waals surface area contributed by atoms with E-state index in [0.717, 1.165) is 0 Å². The summed E-state index contributed by atoms with van der Waals surface area (Å²) in [5.41, 5.74) is 0.362. The fraction of sp³-hybridized carbons (Fsp3) is 0.500. The van der Waals surface area contributed by atoms with E-state index in [2.05, 4.69) is 0 Å². The van der Waals surface area contributed by atoms with E-state index in [4.69, 9.17) is 9.84 Å². The Morgan fingerprint density at radius 3 is 2.78 bits per heavy atom. The van der Waals surface area contributed by atoms with Crippen LogP contribution >= 0.6 is 0 Å². The highest BCUT2D eigenvalue weighted by Crippen LogP contribution is 2.33. The molecule has 98 valence electrons. The number of carboxylic acid groups (broad SMARTS) is 1. The summed E-state index contributed by atoms with van der Waals surface area (Å²) in [5.74, 6) is -1.12. The van der Waals surface area contributed by atoms with Gasteiger partial charge in [-0.25, -0.2) is 4.79 Å². The van der Waals surface area contributed by atoms with Crippen molar-refractivity contribution in [1.82, 2.24) is 9.47 Å². The number of carbonyl (C=O) groups excluding carboxylic acids is 1. The molecule has 0 aliphatic carbocycles. The maximum Gasteiger partial charge on any atom is 0.341 e. The maximum atomic E-state index is 12.2. The van der Waals surface area contributed by atoms with Crippen LogP contribution in [0.4, 0.5) is 0 Å². The number of carboxylic acids is 1. The standard InChI is InChI=1S/C12H16N2O4/c1-4-13-5-7(2)14-6-8(12(16)17)10(18-3)9(14)11(13)15/h6-7H,4-5H2,1-3H3,(H,16,17)/t7-/m0/s1. The molecule has 0 saturated carbocycles. The molecule has 1 amide bonds. The van der Waals surface area contributed by atoms with Crippen molar-refractivity contribution >= 4 is 11.9 Å². The van der Waals surface area contributed by atoms with Crippen LogP contribution in [0.1, 0.15) is 40.7 Å². The molecule has 1 N–H and O–H groups in total. The van der Waals surface area contributed by atoms with Crippen LogP contribution in [0.25, 0.3) is 0 Å². The number of likely N-dealkylation sites (N-methyl/N-ethyl adjacent to an activating group) is 1. The first-order valence-corrected chi connectivity index (χ1v) is 5.82. The number of hydrogen-bond donors (Lipinski definition) is 1. The lowest BCUT2D eigenvalue weighted by Crippen LogP contribution is -2.41. The predicted molar refractivity (Wildman–Crippen MR) is 64.2 cm³/mol. The Hall–Kier alpha value is -1.98. The average molecular weight is 252 g/mol. The third kappa shape index (κ3) is 1.64. The topological polar surface area (TPSA) is 71.8 Å². The number of amides is 1. The summed E-state index contributed by atoms with van der Waals surface area (Å²) in [5, 5.41) is 9.12. The molecule has 0 spiro atoms. The average Bonchev–Trinajstić information content (AvgIpc) is 2.73. The minimum absolute atomic E-state index is 0.0330. The zero-order valence-corrected chi connectivity index (χ0v) is 10.6. The van der Waals surface area contributed by atoms with Crippen LogP contribution in [0.2, 0.25) is 0 Å². The molecule has 6 nitrogen and oxygen atoms in total. The first-order valence-electron chi connectivity index (χ1n) is 5.82. The number of aromatic nitrogens is 1. The quantitative estimate of drug-likeness (QED) is 0.878. The minimum Gasteiger partial charge on any atom is -0.493 e. The summed E-state index contributed by atoms with van der Waals surface area (Å²) >= 11 is 0. The molecule has 2 rings (SSSR count). The van der Waals surface area contributed by atoms with Crippen molar-refractivity contribution in [3.05, 3.63) is 17.5 Å². The Labute approximate surface area is 105 Å². The van der Waals surface area contributed by atoms with Gasteiger partial charge >= 0.3 is 5.97 Å². The highest BCUT2D eigenvalue weighted by molar-refractivity contribution is 6.02. The molecular weight excluding hydrogens is 236 g/mol. The van der Waals surface area contributed by atoms with Gasteiger partial charge in [0.2, 0.25) is 0 Å². The number of nitrogens with zero attached hydrogens (tertiary/aromatic N) is 2. The van der Waals surface area contributed by atoms with Crippen molar-refractivity contribution in [3.63, 3.8) is 0 Å². The highest BCUT2D eigenvalue weighted by atomic mass is 16.5. The molecule has 0 radical (unpaired) electrons. The summed E-state index contributed by atoms with van der Waals surface area (Å²) in [6, 6.07) is 0.0413. The van der Waals surface area contributed by atoms with Gasteiger partial charge in [-0.1, -0.05) is 0 Å². The molecule has 1 aliphatic heterocycles. The van der Waals surface area contributed by atoms with Crippen LogP contribution in [0.15, 0.2) is 6.20 Å². The van der Waals surface area contributed by atoms with Gasteiger partial charge in [0, 0.05) is 25.3 Å². The number of methoxy groups -OCH3 is 1. The molecule has 6 heteroatoms. The fourth-order valence-corrected chi connectivity index (χ4v) is 2.33. The van der Waals surface area contributed by atoms with Crippen LogP contribution in [-0.4, -0.2) is 46.6 Å². The van der Waals surface area contributed by atoms with Crippen molar-refractivity contribution < 1.29 is 19.4 Å². The SMILES string of the molecule is CCN1C[C@H](C)n2cc(C(=O)O)c(OC)c2C1=O. The van der Waals surface area contributed by atoms with Crippen molar-refractivity contribution in [2.75, 3.05) is 20.2 Å². The molecule has 0 bridgehead atoms. The number of ether oxygens (including phenoxy) is 1. The summed E-state index contributed by atoms with van der Waals surface area (Å²) in [6.07, 6.45) is 1.48. The Kier molecular flexibility index (Phi) is 3.02. The first kappa shape index (κ1) is 12.5. The Morgan fingerprint density at radius 2 is 2.28 bits per heavy atom. The van der Waals surface area contributed by atoms with Crippen LogP contribution in [0.5, 0.6) is 5.75 Å².